The zero-order valence-electron chi connectivity index (χ0n) is 11.1. The molecule has 0 aliphatic heterocycles. The highest BCUT2D eigenvalue weighted by Gasteiger charge is 2.13. The summed E-state index contributed by atoms with van der Waals surface area (Å²) in [6.45, 7) is 2.40. The van der Waals surface area contributed by atoms with Crippen molar-refractivity contribution in [3.63, 3.8) is 0 Å². The van der Waals surface area contributed by atoms with Gasteiger partial charge in [-0.1, -0.05) is 29.3 Å². The maximum Gasteiger partial charge on any atom is 0.257 e. The first-order valence-electron chi connectivity index (χ1n) is 6.20. The molecule has 0 aliphatic carbocycles. The average Bonchev–Trinajstić information content (AvgIpc) is 2.45. The second-order valence-electron chi connectivity index (χ2n) is 4.13. The van der Waals surface area contributed by atoms with Gasteiger partial charge in [-0.3, -0.25) is 4.79 Å². The van der Waals surface area contributed by atoms with Crippen LogP contribution in [0.25, 0.3) is 0 Å². The first-order chi connectivity index (χ1) is 10.0. The van der Waals surface area contributed by atoms with Crippen molar-refractivity contribution in [3.05, 3.63) is 56.5 Å². The highest BCUT2D eigenvalue weighted by Crippen LogP contribution is 2.29. The summed E-state index contributed by atoms with van der Waals surface area (Å²) in [5.41, 5.74) is 0.959. The van der Waals surface area contributed by atoms with Crippen molar-refractivity contribution >= 4 is 50.7 Å². The number of rotatable bonds is 4. The zero-order valence-corrected chi connectivity index (χ0v) is 14.2. The van der Waals surface area contributed by atoms with Gasteiger partial charge in [0.15, 0.2) is 0 Å². The van der Waals surface area contributed by atoms with E-state index < -0.39 is 0 Å². The minimum atomic E-state index is -0.304. The summed E-state index contributed by atoms with van der Waals surface area (Å²) < 4.78 is 6.01. The molecule has 1 N–H and O–H groups in total. The Morgan fingerprint density at radius 2 is 2.05 bits per heavy atom. The van der Waals surface area contributed by atoms with Crippen LogP contribution in [0.2, 0.25) is 10.0 Å². The quantitative estimate of drug-likeness (QED) is 0.760. The van der Waals surface area contributed by atoms with Crippen LogP contribution >= 0.6 is 39.1 Å². The van der Waals surface area contributed by atoms with Crippen LogP contribution in [-0.4, -0.2) is 12.5 Å². The van der Waals surface area contributed by atoms with Gasteiger partial charge in [-0.25, -0.2) is 0 Å². The molecule has 0 aromatic heterocycles. The number of carbonyl (C=O) groups excluding carboxylic acids is 1. The normalized spacial score (nSPS) is 10.3. The van der Waals surface area contributed by atoms with Crippen molar-refractivity contribution in [1.82, 2.24) is 0 Å². The summed E-state index contributed by atoms with van der Waals surface area (Å²) in [4.78, 5) is 12.2. The largest absolute Gasteiger partial charge is 0.492 e. The van der Waals surface area contributed by atoms with Crippen molar-refractivity contribution in [1.29, 1.82) is 0 Å². The van der Waals surface area contributed by atoms with Gasteiger partial charge in [0.1, 0.15) is 5.75 Å². The van der Waals surface area contributed by atoms with Gasteiger partial charge >= 0.3 is 0 Å². The number of anilines is 1. The predicted octanol–water partition coefficient (Wildman–Crippen LogP) is 5.41. The second kappa shape index (κ2) is 7.16. The van der Waals surface area contributed by atoms with Gasteiger partial charge in [0, 0.05) is 10.2 Å². The fourth-order valence-electron chi connectivity index (χ4n) is 1.73. The molecule has 0 spiro atoms. The molecule has 0 saturated carbocycles. The van der Waals surface area contributed by atoms with Crippen LogP contribution in [0.15, 0.2) is 40.9 Å². The molecule has 0 bridgehead atoms. The number of ether oxygens (including phenoxy) is 1. The molecule has 2 rings (SSSR count). The van der Waals surface area contributed by atoms with E-state index in [1.54, 1.807) is 36.4 Å². The molecule has 6 heteroatoms. The number of carbonyl (C=O) groups is 1. The minimum Gasteiger partial charge on any atom is -0.492 e. The van der Waals surface area contributed by atoms with E-state index in [0.717, 1.165) is 0 Å². The number of amides is 1. The molecule has 0 unspecified atom stereocenters. The van der Waals surface area contributed by atoms with Crippen molar-refractivity contribution in [2.75, 3.05) is 11.9 Å². The lowest BCUT2D eigenvalue weighted by molar-refractivity contribution is 0.102. The van der Waals surface area contributed by atoms with Gasteiger partial charge in [0.05, 0.1) is 22.2 Å². The van der Waals surface area contributed by atoms with E-state index in [0.29, 0.717) is 38.1 Å². The van der Waals surface area contributed by atoms with E-state index in [9.17, 15) is 4.79 Å². The standard InChI is InChI=1S/C15H12BrCl2NO2/c1-2-21-13-7-6-9(8-12(13)17)19-15(20)10-4-3-5-11(16)14(10)18/h3-8H,2H2,1H3,(H,19,20). The number of hydrogen-bond acceptors (Lipinski definition) is 2. The van der Waals surface area contributed by atoms with Crippen LogP contribution in [-0.2, 0) is 0 Å². The Morgan fingerprint density at radius 3 is 2.71 bits per heavy atom. The minimum absolute atomic E-state index is 0.304. The molecule has 0 fully saturated rings. The van der Waals surface area contributed by atoms with Gasteiger partial charge in [0.25, 0.3) is 5.91 Å². The number of hydrogen-bond donors (Lipinski definition) is 1. The predicted molar refractivity (Wildman–Crippen MR) is 89.7 cm³/mol. The Balaban J connectivity index is 2.20. The molecule has 1 amide bonds. The van der Waals surface area contributed by atoms with Crippen LogP contribution in [0.4, 0.5) is 5.69 Å². The van der Waals surface area contributed by atoms with E-state index in [4.69, 9.17) is 27.9 Å². The molecule has 0 aliphatic rings. The SMILES string of the molecule is CCOc1ccc(NC(=O)c2cccc(Br)c2Cl)cc1Cl. The summed E-state index contributed by atoms with van der Waals surface area (Å²) >= 11 is 15.5. The molecular weight excluding hydrogens is 377 g/mol. The summed E-state index contributed by atoms with van der Waals surface area (Å²) in [6, 6.07) is 10.2. The van der Waals surface area contributed by atoms with Crippen LogP contribution in [0.5, 0.6) is 5.75 Å². The maximum absolute atomic E-state index is 12.2. The molecular formula is C15H12BrCl2NO2. The summed E-state index contributed by atoms with van der Waals surface area (Å²) in [6.07, 6.45) is 0. The third-order valence-electron chi connectivity index (χ3n) is 2.69. The fourth-order valence-corrected chi connectivity index (χ4v) is 2.54. The zero-order chi connectivity index (χ0) is 15.4. The second-order valence-corrected chi connectivity index (χ2v) is 5.77. The summed E-state index contributed by atoms with van der Waals surface area (Å²) in [5, 5.41) is 3.56. The summed E-state index contributed by atoms with van der Waals surface area (Å²) in [5.74, 6) is 0.277. The van der Waals surface area contributed by atoms with Crippen molar-refractivity contribution in [3.8, 4) is 5.75 Å². The van der Waals surface area contributed by atoms with E-state index in [2.05, 4.69) is 21.2 Å². The molecule has 0 radical (unpaired) electrons. The highest BCUT2D eigenvalue weighted by molar-refractivity contribution is 9.10. The first-order valence-corrected chi connectivity index (χ1v) is 7.75. The summed E-state index contributed by atoms with van der Waals surface area (Å²) in [7, 11) is 0. The maximum atomic E-state index is 12.2. The monoisotopic (exact) mass is 387 g/mol. The fraction of sp³-hybridized carbons (Fsp3) is 0.133. The Bertz CT molecular complexity index is 677. The van der Waals surface area contributed by atoms with Crippen molar-refractivity contribution < 1.29 is 9.53 Å². The van der Waals surface area contributed by atoms with Crippen LogP contribution in [0, 0.1) is 0 Å². The molecule has 0 atom stereocenters. The molecule has 110 valence electrons. The number of benzene rings is 2. The van der Waals surface area contributed by atoms with Gasteiger partial charge in [-0.2, -0.15) is 0 Å². The number of halogens is 3. The smallest absolute Gasteiger partial charge is 0.257 e. The lowest BCUT2D eigenvalue weighted by Gasteiger charge is -2.10. The van der Waals surface area contributed by atoms with E-state index in [1.807, 2.05) is 6.92 Å². The Morgan fingerprint density at radius 1 is 1.29 bits per heavy atom. The molecule has 3 nitrogen and oxygen atoms in total. The molecule has 21 heavy (non-hydrogen) atoms. The lowest BCUT2D eigenvalue weighted by Crippen LogP contribution is -2.12. The van der Waals surface area contributed by atoms with Gasteiger partial charge in [-0.15, -0.1) is 0 Å². The Hall–Kier alpha value is -1.23. The van der Waals surface area contributed by atoms with E-state index >= 15 is 0 Å². The molecule has 2 aromatic rings. The topological polar surface area (TPSA) is 38.3 Å². The van der Waals surface area contributed by atoms with Crippen molar-refractivity contribution in [2.24, 2.45) is 0 Å². The van der Waals surface area contributed by atoms with Crippen LogP contribution in [0.1, 0.15) is 17.3 Å². The van der Waals surface area contributed by atoms with Gasteiger partial charge in [0.2, 0.25) is 0 Å². The Labute approximate surface area is 141 Å². The number of nitrogens with one attached hydrogen (secondary N) is 1. The Kier molecular flexibility index (Phi) is 5.51. The third-order valence-corrected chi connectivity index (χ3v) is 4.28. The average molecular weight is 389 g/mol. The highest BCUT2D eigenvalue weighted by atomic mass is 79.9. The van der Waals surface area contributed by atoms with Crippen molar-refractivity contribution in [2.45, 2.75) is 6.92 Å². The van der Waals surface area contributed by atoms with E-state index in [1.165, 1.54) is 0 Å². The third kappa shape index (κ3) is 3.90. The molecule has 2 aromatic carbocycles. The van der Waals surface area contributed by atoms with E-state index in [-0.39, 0.29) is 5.91 Å². The first kappa shape index (κ1) is 16.1. The van der Waals surface area contributed by atoms with Gasteiger partial charge < -0.3 is 10.1 Å². The lowest BCUT2D eigenvalue weighted by atomic mass is 10.2. The molecule has 0 heterocycles. The van der Waals surface area contributed by atoms with Gasteiger partial charge in [-0.05, 0) is 53.2 Å². The van der Waals surface area contributed by atoms with Crippen LogP contribution in [0.3, 0.4) is 0 Å². The van der Waals surface area contributed by atoms with Crippen LogP contribution < -0.4 is 10.1 Å². The molecule has 0 saturated heterocycles.